The molecule has 2 aromatic carbocycles. The number of hydrogen-bond acceptors (Lipinski definition) is 4. The molecule has 9 heteroatoms. The Balaban J connectivity index is 0.00000267. The Hall–Kier alpha value is -2.87. The van der Waals surface area contributed by atoms with E-state index in [0.717, 1.165) is 36.0 Å². The molecule has 1 fully saturated rings. The van der Waals surface area contributed by atoms with Crippen LogP contribution in [0.5, 0.6) is 5.75 Å². The summed E-state index contributed by atoms with van der Waals surface area (Å²) in [7, 11) is 0. The lowest BCUT2D eigenvalue weighted by Crippen LogP contribution is -2.43. The highest BCUT2D eigenvalue weighted by Gasteiger charge is 2.40. The van der Waals surface area contributed by atoms with Gasteiger partial charge in [-0.05, 0) is 48.2 Å². The molecule has 4 heterocycles. The van der Waals surface area contributed by atoms with Crippen molar-refractivity contribution in [3.8, 4) is 5.75 Å². The molecular formula is C27H26Cl2FN3O3. The zero-order valence-electron chi connectivity index (χ0n) is 19.9. The van der Waals surface area contributed by atoms with Crippen molar-refractivity contribution in [3.63, 3.8) is 0 Å². The third-order valence-electron chi connectivity index (χ3n) is 7.46. The number of amides is 2. The van der Waals surface area contributed by atoms with Gasteiger partial charge in [-0.1, -0.05) is 31.5 Å². The van der Waals surface area contributed by atoms with E-state index >= 15 is 4.39 Å². The van der Waals surface area contributed by atoms with Crippen LogP contribution in [0.3, 0.4) is 0 Å². The van der Waals surface area contributed by atoms with E-state index in [2.05, 4.69) is 29.0 Å². The summed E-state index contributed by atoms with van der Waals surface area (Å²) in [5.41, 5.74) is 2.45. The molecule has 3 aliphatic rings. The SMILES string of the molecule is CC1(C)CNCCC1n1cc(C2=C(c3c(F)ccc4c3OCC4)C(=O)NC2=O)c2cc(Cl)ccc21.Cl. The van der Waals surface area contributed by atoms with Crippen LogP contribution in [0, 0.1) is 11.2 Å². The van der Waals surface area contributed by atoms with Gasteiger partial charge in [0.2, 0.25) is 0 Å². The van der Waals surface area contributed by atoms with Gasteiger partial charge in [-0.15, -0.1) is 12.4 Å². The summed E-state index contributed by atoms with van der Waals surface area (Å²) >= 11 is 6.39. The fraction of sp³-hybridized carbons (Fsp3) is 0.333. The molecule has 0 radical (unpaired) electrons. The molecular weight excluding hydrogens is 504 g/mol. The molecule has 0 saturated carbocycles. The number of halogens is 3. The third-order valence-corrected chi connectivity index (χ3v) is 7.70. The number of nitrogens with zero attached hydrogens (tertiary/aromatic N) is 1. The van der Waals surface area contributed by atoms with Crippen molar-refractivity contribution in [2.24, 2.45) is 5.41 Å². The van der Waals surface area contributed by atoms with Gasteiger partial charge in [-0.25, -0.2) is 4.39 Å². The van der Waals surface area contributed by atoms with Gasteiger partial charge in [0.15, 0.2) is 0 Å². The fourth-order valence-corrected chi connectivity index (χ4v) is 5.94. The highest BCUT2D eigenvalue weighted by atomic mass is 35.5. The Labute approximate surface area is 219 Å². The summed E-state index contributed by atoms with van der Waals surface area (Å²) in [6.45, 7) is 6.56. The molecule has 1 aromatic heterocycles. The number of imide groups is 1. The van der Waals surface area contributed by atoms with Crippen molar-refractivity contribution in [2.75, 3.05) is 19.7 Å². The number of rotatable bonds is 3. The van der Waals surface area contributed by atoms with Crippen LogP contribution in [-0.4, -0.2) is 36.1 Å². The predicted molar refractivity (Wildman–Crippen MR) is 140 cm³/mol. The first-order valence-electron chi connectivity index (χ1n) is 11.8. The molecule has 2 amide bonds. The summed E-state index contributed by atoms with van der Waals surface area (Å²) in [5.74, 6) is -1.44. The minimum atomic E-state index is -0.627. The topological polar surface area (TPSA) is 72.4 Å². The molecule has 1 unspecified atom stereocenters. The minimum absolute atomic E-state index is 0. The summed E-state index contributed by atoms with van der Waals surface area (Å²) in [5, 5.41) is 7.11. The normalized spacial score (nSPS) is 20.8. The van der Waals surface area contributed by atoms with Crippen LogP contribution in [0.2, 0.25) is 5.02 Å². The van der Waals surface area contributed by atoms with E-state index in [1.807, 2.05) is 18.3 Å². The second kappa shape index (κ2) is 8.91. The van der Waals surface area contributed by atoms with Gasteiger partial charge in [0.1, 0.15) is 11.6 Å². The number of nitrogens with one attached hydrogen (secondary N) is 2. The number of fused-ring (bicyclic) bond motifs is 2. The maximum atomic E-state index is 15.2. The molecule has 0 bridgehead atoms. The third kappa shape index (κ3) is 3.72. The van der Waals surface area contributed by atoms with Crippen LogP contribution in [-0.2, 0) is 16.0 Å². The number of carbonyl (C=O) groups excluding carboxylic acids is 2. The van der Waals surface area contributed by atoms with E-state index < -0.39 is 17.6 Å². The summed E-state index contributed by atoms with van der Waals surface area (Å²) in [4.78, 5) is 26.3. The molecule has 188 valence electrons. The molecule has 3 aromatic rings. The number of ether oxygens (including phenoxy) is 1. The maximum absolute atomic E-state index is 15.2. The lowest BCUT2D eigenvalue weighted by atomic mass is 9.80. The number of hydrogen-bond donors (Lipinski definition) is 2. The summed E-state index contributed by atoms with van der Waals surface area (Å²) in [6, 6.07) is 8.73. The van der Waals surface area contributed by atoms with Crippen LogP contribution in [0.15, 0.2) is 36.5 Å². The molecule has 36 heavy (non-hydrogen) atoms. The minimum Gasteiger partial charge on any atom is -0.492 e. The van der Waals surface area contributed by atoms with E-state index in [1.54, 1.807) is 12.1 Å². The van der Waals surface area contributed by atoms with E-state index in [4.69, 9.17) is 16.3 Å². The van der Waals surface area contributed by atoms with Crippen molar-refractivity contribution in [2.45, 2.75) is 32.7 Å². The second-order valence-electron chi connectivity index (χ2n) is 10.1. The number of aromatic nitrogens is 1. The van der Waals surface area contributed by atoms with Crippen molar-refractivity contribution < 1.29 is 18.7 Å². The first kappa shape index (κ1) is 24.8. The van der Waals surface area contributed by atoms with Crippen LogP contribution >= 0.6 is 24.0 Å². The first-order chi connectivity index (χ1) is 16.8. The molecule has 2 N–H and O–H groups in total. The Kier molecular flexibility index (Phi) is 6.14. The van der Waals surface area contributed by atoms with Crippen molar-refractivity contribution in [1.82, 2.24) is 15.2 Å². The van der Waals surface area contributed by atoms with E-state index in [-0.39, 0.29) is 40.6 Å². The zero-order chi connectivity index (χ0) is 24.5. The smallest absolute Gasteiger partial charge is 0.259 e. The highest BCUT2D eigenvalue weighted by molar-refractivity contribution is 6.50. The second-order valence-corrected chi connectivity index (χ2v) is 10.6. The number of benzene rings is 2. The van der Waals surface area contributed by atoms with Crippen LogP contribution in [0.25, 0.3) is 22.0 Å². The molecule has 6 nitrogen and oxygen atoms in total. The van der Waals surface area contributed by atoms with E-state index in [1.165, 1.54) is 6.07 Å². The molecule has 3 aliphatic heterocycles. The standard InChI is InChI=1S/C27H25ClFN3O3.ClH/c1-27(2)13-30-9-7-20(27)32-12-17(16-11-15(28)4-6-19(16)32)21-23(26(34)31-25(21)33)22-18(29)5-3-14-8-10-35-24(14)22;/h3-6,11-12,20,30H,7-10,13H2,1-2H3,(H,31,33,34);1H. The Morgan fingerprint density at radius 2 is 1.92 bits per heavy atom. The van der Waals surface area contributed by atoms with Gasteiger partial charge in [-0.3, -0.25) is 14.9 Å². The first-order valence-corrected chi connectivity index (χ1v) is 12.2. The zero-order valence-corrected chi connectivity index (χ0v) is 21.5. The molecule has 1 atom stereocenters. The molecule has 6 rings (SSSR count). The lowest BCUT2D eigenvalue weighted by molar-refractivity contribution is -0.122. The van der Waals surface area contributed by atoms with Crippen molar-refractivity contribution >= 4 is 57.9 Å². The van der Waals surface area contributed by atoms with Crippen LogP contribution in [0.4, 0.5) is 4.39 Å². The Morgan fingerprint density at radius 3 is 2.69 bits per heavy atom. The quantitative estimate of drug-likeness (QED) is 0.472. The fourth-order valence-electron chi connectivity index (χ4n) is 5.77. The van der Waals surface area contributed by atoms with Crippen LogP contribution in [0.1, 0.15) is 43.0 Å². The van der Waals surface area contributed by atoms with Crippen LogP contribution < -0.4 is 15.4 Å². The molecule has 0 aliphatic carbocycles. The predicted octanol–water partition coefficient (Wildman–Crippen LogP) is 4.92. The van der Waals surface area contributed by atoms with Gasteiger partial charge in [0, 0.05) is 46.7 Å². The van der Waals surface area contributed by atoms with Crippen molar-refractivity contribution in [1.29, 1.82) is 0 Å². The van der Waals surface area contributed by atoms with E-state index in [0.29, 0.717) is 29.4 Å². The summed E-state index contributed by atoms with van der Waals surface area (Å²) in [6.07, 6.45) is 3.46. The monoisotopic (exact) mass is 529 g/mol. The average Bonchev–Trinajstić information content (AvgIpc) is 3.49. The van der Waals surface area contributed by atoms with Gasteiger partial charge >= 0.3 is 0 Å². The Bertz CT molecular complexity index is 1460. The van der Waals surface area contributed by atoms with Gasteiger partial charge in [0.05, 0.1) is 23.3 Å². The largest absolute Gasteiger partial charge is 0.492 e. The molecule has 0 spiro atoms. The molecule has 1 saturated heterocycles. The number of piperidine rings is 1. The van der Waals surface area contributed by atoms with E-state index in [9.17, 15) is 9.59 Å². The average molecular weight is 530 g/mol. The number of carbonyl (C=O) groups is 2. The summed E-state index contributed by atoms with van der Waals surface area (Å²) < 4.78 is 23.1. The Morgan fingerprint density at radius 1 is 1.14 bits per heavy atom. The van der Waals surface area contributed by atoms with Gasteiger partial charge in [0.25, 0.3) is 11.8 Å². The highest BCUT2D eigenvalue weighted by Crippen LogP contribution is 2.45. The lowest BCUT2D eigenvalue weighted by Gasteiger charge is -2.40. The maximum Gasteiger partial charge on any atom is 0.259 e. The van der Waals surface area contributed by atoms with Gasteiger partial charge < -0.3 is 14.6 Å². The van der Waals surface area contributed by atoms with Crippen molar-refractivity contribution in [3.05, 3.63) is 64.1 Å². The van der Waals surface area contributed by atoms with Gasteiger partial charge in [-0.2, -0.15) is 0 Å².